The topological polar surface area (TPSA) is 135 Å². The Kier molecular flexibility index (Phi) is 5.74. The summed E-state index contributed by atoms with van der Waals surface area (Å²) in [4.78, 5) is 48.7. The van der Waals surface area contributed by atoms with E-state index in [9.17, 15) is 32.7 Å². The number of hydrogen-bond acceptors (Lipinski definition) is 7. The lowest BCUT2D eigenvalue weighted by Crippen LogP contribution is -2.40. The lowest BCUT2D eigenvalue weighted by Gasteiger charge is -2.24. The van der Waals surface area contributed by atoms with E-state index in [1.807, 2.05) is 0 Å². The molecule has 1 aromatic rings. The number of imide groups is 1. The van der Waals surface area contributed by atoms with Gasteiger partial charge in [-0.25, -0.2) is 18.1 Å². The molecule has 1 atom stereocenters. The number of hydrogen-bond donors (Lipinski definition) is 1. The second-order valence-corrected chi connectivity index (χ2v) is 9.60. The second kappa shape index (κ2) is 7.94. The normalized spacial score (nSPS) is 20.7. The number of ether oxygens (including phenoxy) is 1. The van der Waals surface area contributed by atoms with Gasteiger partial charge in [0.05, 0.1) is 17.4 Å². The van der Waals surface area contributed by atoms with Gasteiger partial charge in [0.15, 0.2) is 9.84 Å². The fourth-order valence-corrected chi connectivity index (χ4v) is 6.04. The molecule has 1 aromatic carbocycles. The lowest BCUT2D eigenvalue weighted by molar-refractivity contribution is -0.132. The summed E-state index contributed by atoms with van der Waals surface area (Å²) < 4.78 is 30.7. The third kappa shape index (κ3) is 4.02. The smallest absolute Gasteiger partial charge is 0.339 e. The molecule has 10 heteroatoms. The van der Waals surface area contributed by atoms with Crippen LogP contribution in [0.15, 0.2) is 18.2 Å². The Hall–Kier alpha value is -2.75. The number of carboxylic acid groups (broad SMARTS) is 1. The molecule has 0 aromatic heterocycles. The van der Waals surface area contributed by atoms with Gasteiger partial charge in [-0.15, -0.1) is 0 Å². The molecule has 2 fully saturated rings. The Morgan fingerprint density at radius 3 is 2.38 bits per heavy atom. The predicted molar refractivity (Wildman–Crippen MR) is 101 cm³/mol. The second-order valence-electron chi connectivity index (χ2n) is 7.19. The van der Waals surface area contributed by atoms with E-state index in [2.05, 4.69) is 0 Å². The maximum Gasteiger partial charge on any atom is 0.339 e. The molecule has 1 saturated heterocycles. The Labute approximate surface area is 167 Å². The van der Waals surface area contributed by atoms with E-state index in [0.717, 1.165) is 43.2 Å². The van der Waals surface area contributed by atoms with E-state index in [0.29, 0.717) is 12.8 Å². The molecule has 1 heterocycles. The third-order valence-electron chi connectivity index (χ3n) is 5.23. The lowest BCUT2D eigenvalue weighted by atomic mass is 10.0. The fourth-order valence-electron chi connectivity index (χ4n) is 3.82. The zero-order chi connectivity index (χ0) is 21.3. The fraction of sp³-hybridized carbons (Fsp3) is 0.474. The van der Waals surface area contributed by atoms with Gasteiger partial charge in [-0.2, -0.15) is 0 Å². The number of benzene rings is 1. The summed E-state index contributed by atoms with van der Waals surface area (Å²) in [5.74, 6) is -4.03. The van der Waals surface area contributed by atoms with Crippen LogP contribution in [0.1, 0.15) is 55.8 Å². The van der Waals surface area contributed by atoms with Crippen LogP contribution < -0.4 is 9.64 Å². The van der Waals surface area contributed by atoms with Crippen LogP contribution in [-0.4, -0.2) is 47.8 Å². The number of carboxylic acids is 1. The Morgan fingerprint density at radius 2 is 1.79 bits per heavy atom. The summed E-state index contributed by atoms with van der Waals surface area (Å²) in [5, 5.41) is 7.13. The van der Waals surface area contributed by atoms with E-state index in [1.54, 1.807) is 0 Å². The average molecular weight is 423 g/mol. The van der Waals surface area contributed by atoms with Crippen LogP contribution in [0.5, 0.6) is 5.75 Å². The molecule has 1 saturated carbocycles. The van der Waals surface area contributed by atoms with Crippen LogP contribution in [0.2, 0.25) is 0 Å². The van der Waals surface area contributed by atoms with Crippen molar-refractivity contribution in [3.05, 3.63) is 23.8 Å². The standard InChI is InChI=1S/C19H21NO8S/c1-11(21)28-15-9-12(7-8-14(15)19(24)25)20-17(22)10-16(18(20)23)29(26,27)13-5-3-2-4-6-13/h7-9,13,16H,2-6,10H2,1H3,(H,24,25). The van der Waals surface area contributed by atoms with Gasteiger partial charge < -0.3 is 9.84 Å². The van der Waals surface area contributed by atoms with Crippen LogP contribution >= 0.6 is 0 Å². The number of nitrogens with zero attached hydrogens (tertiary/aromatic N) is 1. The van der Waals surface area contributed by atoms with Crippen LogP contribution in [-0.2, 0) is 24.2 Å². The minimum atomic E-state index is -3.83. The Balaban J connectivity index is 1.93. The molecule has 1 aliphatic heterocycles. The molecule has 9 nitrogen and oxygen atoms in total. The highest BCUT2D eigenvalue weighted by Gasteiger charge is 2.49. The van der Waals surface area contributed by atoms with Crippen LogP contribution in [0.3, 0.4) is 0 Å². The summed E-state index contributed by atoms with van der Waals surface area (Å²) in [5.41, 5.74) is -0.364. The molecule has 0 radical (unpaired) electrons. The highest BCUT2D eigenvalue weighted by atomic mass is 32.2. The number of aromatic carboxylic acids is 1. The molecule has 156 valence electrons. The number of rotatable bonds is 5. The molecular weight excluding hydrogens is 402 g/mol. The molecule has 3 rings (SSSR count). The first-order chi connectivity index (χ1) is 13.6. The van der Waals surface area contributed by atoms with E-state index in [4.69, 9.17) is 4.74 Å². The molecule has 1 aliphatic carbocycles. The van der Waals surface area contributed by atoms with Crippen LogP contribution in [0.25, 0.3) is 0 Å². The van der Waals surface area contributed by atoms with Crippen molar-refractivity contribution in [2.24, 2.45) is 0 Å². The van der Waals surface area contributed by atoms with Crippen LogP contribution in [0.4, 0.5) is 5.69 Å². The minimum Gasteiger partial charge on any atom is -0.478 e. The van der Waals surface area contributed by atoms with Gasteiger partial charge in [0, 0.05) is 13.0 Å². The molecule has 0 bridgehead atoms. The van der Waals surface area contributed by atoms with Gasteiger partial charge in [0.2, 0.25) is 5.91 Å². The number of sulfone groups is 1. The Bertz CT molecular complexity index is 978. The maximum absolute atomic E-state index is 12.9. The van der Waals surface area contributed by atoms with Crippen molar-refractivity contribution in [1.29, 1.82) is 0 Å². The van der Waals surface area contributed by atoms with Gasteiger partial charge >= 0.3 is 11.9 Å². The number of amides is 2. The highest BCUT2D eigenvalue weighted by molar-refractivity contribution is 7.93. The van der Waals surface area contributed by atoms with Gasteiger partial charge in [0.25, 0.3) is 5.91 Å². The summed E-state index contributed by atoms with van der Waals surface area (Å²) in [6.07, 6.45) is 2.98. The van der Waals surface area contributed by atoms with Crippen LogP contribution in [0, 0.1) is 0 Å². The van der Waals surface area contributed by atoms with E-state index < -0.39 is 50.5 Å². The number of esters is 1. The van der Waals surface area contributed by atoms with E-state index >= 15 is 0 Å². The van der Waals surface area contributed by atoms with Crippen molar-refractivity contribution in [3.8, 4) is 5.75 Å². The molecule has 2 aliphatic rings. The highest BCUT2D eigenvalue weighted by Crippen LogP contribution is 2.34. The van der Waals surface area contributed by atoms with Crippen molar-refractivity contribution in [2.75, 3.05) is 4.90 Å². The molecular formula is C19H21NO8S. The molecule has 29 heavy (non-hydrogen) atoms. The zero-order valence-corrected chi connectivity index (χ0v) is 16.6. The first kappa shape index (κ1) is 21.0. The number of anilines is 1. The van der Waals surface area contributed by atoms with Crippen molar-refractivity contribution < 1.29 is 37.4 Å². The van der Waals surface area contributed by atoms with Gasteiger partial charge in [-0.3, -0.25) is 14.4 Å². The van der Waals surface area contributed by atoms with Gasteiger partial charge in [-0.1, -0.05) is 19.3 Å². The zero-order valence-electron chi connectivity index (χ0n) is 15.8. The van der Waals surface area contributed by atoms with Gasteiger partial charge in [0.1, 0.15) is 16.6 Å². The molecule has 1 N–H and O–H groups in total. The molecule has 2 amide bonds. The maximum atomic E-state index is 12.9. The monoisotopic (exact) mass is 423 g/mol. The quantitative estimate of drug-likeness (QED) is 0.429. The first-order valence-corrected chi connectivity index (χ1v) is 10.9. The van der Waals surface area contributed by atoms with Crippen molar-refractivity contribution in [2.45, 2.75) is 55.9 Å². The Morgan fingerprint density at radius 1 is 1.14 bits per heavy atom. The first-order valence-electron chi connectivity index (χ1n) is 9.28. The SMILES string of the molecule is CC(=O)Oc1cc(N2C(=O)CC(S(=O)(=O)C3CCCCC3)C2=O)ccc1C(=O)O. The van der Waals surface area contributed by atoms with Crippen molar-refractivity contribution in [3.63, 3.8) is 0 Å². The number of carbonyl (C=O) groups is 4. The summed E-state index contributed by atoms with van der Waals surface area (Å²) in [7, 11) is -3.83. The average Bonchev–Trinajstić information content (AvgIpc) is 2.96. The number of carbonyl (C=O) groups excluding carboxylic acids is 3. The molecule has 0 spiro atoms. The van der Waals surface area contributed by atoms with Crippen molar-refractivity contribution >= 4 is 39.3 Å². The van der Waals surface area contributed by atoms with Gasteiger partial charge in [-0.05, 0) is 25.0 Å². The largest absolute Gasteiger partial charge is 0.478 e. The third-order valence-corrected chi connectivity index (χ3v) is 7.79. The minimum absolute atomic E-state index is 0.0393. The van der Waals surface area contributed by atoms with Crippen molar-refractivity contribution in [1.82, 2.24) is 0 Å². The summed E-state index contributed by atoms with van der Waals surface area (Å²) in [6.45, 7) is 1.08. The van der Waals surface area contributed by atoms with E-state index in [1.165, 1.54) is 6.07 Å². The summed E-state index contributed by atoms with van der Waals surface area (Å²) >= 11 is 0. The predicted octanol–water partition coefficient (Wildman–Crippen LogP) is 1.69. The summed E-state index contributed by atoms with van der Waals surface area (Å²) in [6, 6.07) is 3.39. The van der Waals surface area contributed by atoms with E-state index in [-0.39, 0.29) is 17.0 Å². The molecule has 1 unspecified atom stereocenters.